The predicted octanol–water partition coefficient (Wildman–Crippen LogP) is 4.81. The van der Waals surface area contributed by atoms with Crippen molar-refractivity contribution in [3.05, 3.63) is 81.5 Å². The summed E-state index contributed by atoms with van der Waals surface area (Å²) >= 11 is 6.51. The number of hydrogen-bond acceptors (Lipinski definition) is 8. The Kier molecular flexibility index (Phi) is 7.22. The lowest BCUT2D eigenvalue weighted by molar-refractivity contribution is -0.137. The number of nitrogens with zero attached hydrogens (tertiary/aromatic N) is 5. The quantitative estimate of drug-likeness (QED) is 0.365. The number of hydrogen-bond donors (Lipinski definition) is 2. The molecule has 0 aromatic carbocycles. The fourth-order valence-electron chi connectivity index (χ4n) is 2.99. The molecule has 0 aliphatic heterocycles. The molecule has 0 saturated heterocycles. The minimum absolute atomic E-state index is 0.110. The van der Waals surface area contributed by atoms with E-state index in [2.05, 4.69) is 35.6 Å². The van der Waals surface area contributed by atoms with Crippen molar-refractivity contribution in [3.8, 4) is 11.3 Å². The molecule has 14 heteroatoms. The summed E-state index contributed by atoms with van der Waals surface area (Å²) in [6, 6.07) is 5.09. The van der Waals surface area contributed by atoms with Gasteiger partial charge in [-0.15, -0.1) is 11.3 Å². The first kappa shape index (κ1) is 25.1. The van der Waals surface area contributed by atoms with Crippen molar-refractivity contribution in [2.24, 2.45) is 0 Å². The van der Waals surface area contributed by atoms with Crippen LogP contribution in [0.15, 0.2) is 55.4 Å². The lowest BCUT2D eigenvalue weighted by Crippen LogP contribution is -2.27. The molecule has 0 aliphatic rings. The van der Waals surface area contributed by atoms with Crippen molar-refractivity contribution in [3.63, 3.8) is 0 Å². The number of nitrogens with one attached hydrogen (secondary N) is 2. The first-order chi connectivity index (χ1) is 17.1. The SMILES string of the molecule is C[C@@H](NC(=O)c1cc(-c2ccncc2)ncn1)c1ncc(C(=O)Nc2cc(C(F)(F)F)c(Cl)cn2)s1. The minimum Gasteiger partial charge on any atom is -0.342 e. The smallest absolute Gasteiger partial charge is 0.342 e. The second kappa shape index (κ2) is 10.3. The van der Waals surface area contributed by atoms with Crippen molar-refractivity contribution in [2.45, 2.75) is 19.1 Å². The molecular formula is C22H15ClF3N7O2S. The molecule has 4 heterocycles. The van der Waals surface area contributed by atoms with Crippen LogP contribution in [-0.4, -0.2) is 36.7 Å². The van der Waals surface area contributed by atoms with Gasteiger partial charge in [-0.3, -0.25) is 14.6 Å². The number of rotatable bonds is 6. The summed E-state index contributed by atoms with van der Waals surface area (Å²) < 4.78 is 39.1. The molecular weight excluding hydrogens is 519 g/mol. The molecule has 0 unspecified atom stereocenters. The molecule has 1 atom stereocenters. The third-order valence-electron chi connectivity index (χ3n) is 4.74. The van der Waals surface area contributed by atoms with Gasteiger partial charge in [0.1, 0.15) is 27.7 Å². The summed E-state index contributed by atoms with van der Waals surface area (Å²) in [7, 11) is 0. The fraction of sp³-hybridized carbons (Fsp3) is 0.136. The van der Waals surface area contributed by atoms with Gasteiger partial charge in [0.25, 0.3) is 11.8 Å². The van der Waals surface area contributed by atoms with Gasteiger partial charge in [-0.25, -0.2) is 19.9 Å². The number of thiazole rings is 1. The van der Waals surface area contributed by atoms with E-state index in [1.807, 2.05) is 0 Å². The third-order valence-corrected chi connectivity index (χ3v) is 6.22. The van der Waals surface area contributed by atoms with Crippen LogP contribution in [0.4, 0.5) is 19.0 Å². The summed E-state index contributed by atoms with van der Waals surface area (Å²) in [4.78, 5) is 45.3. The number of amides is 2. The van der Waals surface area contributed by atoms with Crippen molar-refractivity contribution < 1.29 is 22.8 Å². The zero-order valence-corrected chi connectivity index (χ0v) is 19.8. The van der Waals surface area contributed by atoms with Gasteiger partial charge in [0.05, 0.1) is 28.5 Å². The molecule has 0 radical (unpaired) electrons. The Balaban J connectivity index is 1.43. The van der Waals surface area contributed by atoms with Crippen LogP contribution in [0.3, 0.4) is 0 Å². The maximum Gasteiger partial charge on any atom is 0.418 e. The number of carbonyl (C=O) groups is 2. The van der Waals surface area contributed by atoms with Gasteiger partial charge in [-0.05, 0) is 31.2 Å². The number of halogens is 4. The summed E-state index contributed by atoms with van der Waals surface area (Å²) in [6.45, 7) is 1.67. The van der Waals surface area contributed by atoms with Crippen LogP contribution in [0.1, 0.15) is 43.7 Å². The highest BCUT2D eigenvalue weighted by molar-refractivity contribution is 7.13. The molecule has 2 amide bonds. The molecule has 0 aliphatic carbocycles. The van der Waals surface area contributed by atoms with Gasteiger partial charge in [0.2, 0.25) is 0 Å². The zero-order chi connectivity index (χ0) is 25.9. The minimum atomic E-state index is -4.70. The van der Waals surface area contributed by atoms with Crippen molar-refractivity contribution in [1.29, 1.82) is 0 Å². The molecule has 0 spiro atoms. The fourth-order valence-corrected chi connectivity index (χ4v) is 4.02. The summed E-state index contributed by atoms with van der Waals surface area (Å²) in [5.74, 6) is -1.51. The van der Waals surface area contributed by atoms with Crippen LogP contribution < -0.4 is 10.6 Å². The van der Waals surface area contributed by atoms with Crippen LogP contribution in [0.25, 0.3) is 11.3 Å². The van der Waals surface area contributed by atoms with Crippen LogP contribution >= 0.6 is 22.9 Å². The number of carbonyl (C=O) groups excluding carboxylic acids is 2. The molecule has 4 rings (SSSR count). The summed E-state index contributed by atoms with van der Waals surface area (Å²) in [6.07, 6.45) is 1.85. The van der Waals surface area contributed by atoms with E-state index in [0.717, 1.165) is 23.1 Å². The molecule has 2 N–H and O–H groups in total. The van der Waals surface area contributed by atoms with Gasteiger partial charge in [-0.1, -0.05) is 11.6 Å². The predicted molar refractivity (Wildman–Crippen MR) is 125 cm³/mol. The highest BCUT2D eigenvalue weighted by atomic mass is 35.5. The lowest BCUT2D eigenvalue weighted by atomic mass is 10.1. The van der Waals surface area contributed by atoms with Gasteiger partial charge < -0.3 is 10.6 Å². The van der Waals surface area contributed by atoms with E-state index in [1.165, 1.54) is 18.6 Å². The zero-order valence-electron chi connectivity index (χ0n) is 18.2. The topological polar surface area (TPSA) is 123 Å². The Morgan fingerprint density at radius 3 is 2.50 bits per heavy atom. The van der Waals surface area contributed by atoms with E-state index >= 15 is 0 Å². The van der Waals surface area contributed by atoms with Gasteiger partial charge in [-0.2, -0.15) is 13.2 Å². The maximum atomic E-state index is 13.0. The second-order valence-electron chi connectivity index (χ2n) is 7.28. The second-order valence-corrected chi connectivity index (χ2v) is 8.75. The molecule has 4 aromatic heterocycles. The Morgan fingerprint density at radius 1 is 1.03 bits per heavy atom. The number of pyridine rings is 2. The summed E-state index contributed by atoms with van der Waals surface area (Å²) in [5, 5.41) is 4.86. The van der Waals surface area contributed by atoms with E-state index in [-0.39, 0.29) is 16.4 Å². The van der Waals surface area contributed by atoms with E-state index in [1.54, 1.807) is 31.5 Å². The van der Waals surface area contributed by atoms with E-state index in [4.69, 9.17) is 11.6 Å². The van der Waals surface area contributed by atoms with Crippen LogP contribution in [0.2, 0.25) is 5.02 Å². The Morgan fingerprint density at radius 2 is 1.78 bits per heavy atom. The molecule has 36 heavy (non-hydrogen) atoms. The Hall–Kier alpha value is -3.97. The van der Waals surface area contributed by atoms with Crippen LogP contribution in [-0.2, 0) is 6.18 Å². The van der Waals surface area contributed by atoms with Crippen molar-refractivity contribution in [1.82, 2.24) is 30.2 Å². The van der Waals surface area contributed by atoms with Crippen LogP contribution in [0, 0.1) is 0 Å². The normalized spacial score (nSPS) is 12.1. The van der Waals surface area contributed by atoms with Crippen molar-refractivity contribution in [2.75, 3.05) is 5.32 Å². The maximum absolute atomic E-state index is 13.0. The standard InChI is InChI=1S/C22H15ClF3N7O2S/c1-11(32-19(34)16-7-15(30-10-31-16)12-2-4-27-5-3-12)21-29-9-17(36-21)20(35)33-18-6-13(22(24,25)26)14(23)8-28-18/h2-11H,1H3,(H,32,34)(H,28,33,35)/t11-/m1/s1. The van der Waals surface area contributed by atoms with Crippen molar-refractivity contribution >= 4 is 40.6 Å². The van der Waals surface area contributed by atoms with Gasteiger partial charge >= 0.3 is 6.18 Å². The molecule has 0 fully saturated rings. The molecule has 9 nitrogen and oxygen atoms in total. The average Bonchev–Trinajstić information content (AvgIpc) is 3.36. The molecule has 4 aromatic rings. The first-order valence-electron chi connectivity index (χ1n) is 10.1. The van der Waals surface area contributed by atoms with E-state index in [0.29, 0.717) is 16.8 Å². The molecule has 0 saturated carbocycles. The summed E-state index contributed by atoms with van der Waals surface area (Å²) in [5.41, 5.74) is 0.325. The van der Waals surface area contributed by atoms with Crippen LogP contribution in [0.5, 0.6) is 0 Å². The number of alkyl halides is 3. The van der Waals surface area contributed by atoms with E-state index in [9.17, 15) is 22.8 Å². The Labute approximate surface area is 210 Å². The highest BCUT2D eigenvalue weighted by Gasteiger charge is 2.34. The van der Waals surface area contributed by atoms with Gasteiger partial charge in [0.15, 0.2) is 0 Å². The monoisotopic (exact) mass is 533 g/mol. The largest absolute Gasteiger partial charge is 0.418 e. The number of aromatic nitrogens is 5. The Bertz CT molecular complexity index is 1420. The molecule has 184 valence electrons. The van der Waals surface area contributed by atoms with E-state index < -0.39 is 34.6 Å². The lowest BCUT2D eigenvalue weighted by Gasteiger charge is -2.11. The highest BCUT2D eigenvalue weighted by Crippen LogP contribution is 2.35. The number of anilines is 1. The molecule has 0 bridgehead atoms. The third kappa shape index (κ3) is 5.80. The van der Waals surface area contributed by atoms with Gasteiger partial charge in [0, 0.05) is 24.2 Å². The average molecular weight is 534 g/mol. The first-order valence-corrected chi connectivity index (χ1v) is 11.3.